The number of nitrogens with one attached hydrogen (secondary N) is 1. The molecule has 0 aliphatic heterocycles. The van der Waals surface area contributed by atoms with E-state index < -0.39 is 18.2 Å². The number of hydrogen-bond donors (Lipinski definition) is 3. The summed E-state index contributed by atoms with van der Waals surface area (Å²) >= 11 is 0. The van der Waals surface area contributed by atoms with Crippen molar-refractivity contribution in [2.75, 3.05) is 6.61 Å². The van der Waals surface area contributed by atoms with Gasteiger partial charge in [-0.25, -0.2) is 0 Å². The molecule has 0 rings (SSSR count). The van der Waals surface area contributed by atoms with E-state index in [2.05, 4.69) is 80.8 Å². The van der Waals surface area contributed by atoms with Gasteiger partial charge in [0.2, 0.25) is 5.91 Å². The van der Waals surface area contributed by atoms with Crippen molar-refractivity contribution >= 4 is 11.9 Å². The van der Waals surface area contributed by atoms with E-state index in [-0.39, 0.29) is 31.3 Å². The van der Waals surface area contributed by atoms with E-state index in [0.29, 0.717) is 19.3 Å². The van der Waals surface area contributed by atoms with E-state index in [1.807, 2.05) is 66.8 Å². The van der Waals surface area contributed by atoms with Crippen LogP contribution in [-0.4, -0.2) is 46.9 Å². The Morgan fingerprint density at radius 1 is 0.508 bits per heavy atom. The summed E-state index contributed by atoms with van der Waals surface area (Å²) in [5, 5.41) is 23.7. The van der Waals surface area contributed by atoms with Crippen LogP contribution in [0.3, 0.4) is 0 Å². The molecule has 0 saturated carbocycles. The molecule has 0 heterocycles. The predicted molar refractivity (Wildman–Crippen MR) is 273 cm³/mol. The van der Waals surface area contributed by atoms with E-state index in [1.165, 1.54) is 83.5 Å². The maximum atomic E-state index is 13.2. The first-order chi connectivity index (χ1) is 31.0. The lowest BCUT2D eigenvalue weighted by molar-refractivity contribution is -0.150. The number of amides is 1. The van der Waals surface area contributed by atoms with Crippen LogP contribution in [0.25, 0.3) is 0 Å². The number of carbonyl (C=O) groups excluding carboxylic acids is 2. The number of unbranched alkanes of at least 4 members (excludes halogenated alkanes) is 16. The lowest BCUT2D eigenvalue weighted by Crippen LogP contribution is -2.46. The van der Waals surface area contributed by atoms with E-state index in [0.717, 1.165) is 64.2 Å². The molecule has 63 heavy (non-hydrogen) atoms. The molecule has 0 aliphatic carbocycles. The minimum absolute atomic E-state index is 0.0371. The molecule has 0 aromatic rings. The van der Waals surface area contributed by atoms with Crippen molar-refractivity contribution in [1.82, 2.24) is 5.32 Å². The molecular weight excluding hydrogens is 779 g/mol. The first-order valence-electron chi connectivity index (χ1n) is 25.3. The third kappa shape index (κ3) is 44.7. The number of aliphatic hydroxyl groups is 2. The SMILES string of the molecule is CC/C=C\C/C=C\C/C=C\C/C=C\C/C=C\CC(CC(=O)NC(CO)C(O)CCCCCCCCCCCCCCCCCC)OC(=O)CCC/C=C/C=C\C=C/C=C/C=C/CC. The zero-order chi connectivity index (χ0) is 45.9. The molecule has 0 radical (unpaired) electrons. The Hall–Kier alpha value is -3.74. The fourth-order valence-corrected chi connectivity index (χ4v) is 6.89. The minimum Gasteiger partial charge on any atom is -0.461 e. The van der Waals surface area contributed by atoms with Gasteiger partial charge in [0.25, 0.3) is 0 Å². The molecule has 1 amide bonds. The van der Waals surface area contributed by atoms with Gasteiger partial charge >= 0.3 is 5.97 Å². The van der Waals surface area contributed by atoms with Gasteiger partial charge in [-0.2, -0.15) is 0 Å². The van der Waals surface area contributed by atoms with Crippen LogP contribution in [-0.2, 0) is 14.3 Å². The van der Waals surface area contributed by atoms with Crippen molar-refractivity contribution in [1.29, 1.82) is 0 Å². The highest BCUT2D eigenvalue weighted by atomic mass is 16.5. The van der Waals surface area contributed by atoms with Crippen molar-refractivity contribution in [3.63, 3.8) is 0 Å². The zero-order valence-electron chi connectivity index (χ0n) is 40.4. The summed E-state index contributed by atoms with van der Waals surface area (Å²) < 4.78 is 5.82. The normalized spacial score (nSPS) is 14.3. The lowest BCUT2D eigenvalue weighted by Gasteiger charge is -2.24. The van der Waals surface area contributed by atoms with Gasteiger partial charge in [0.1, 0.15) is 6.10 Å². The second-order valence-corrected chi connectivity index (χ2v) is 16.6. The summed E-state index contributed by atoms with van der Waals surface area (Å²) in [6.45, 7) is 6.17. The summed E-state index contributed by atoms with van der Waals surface area (Å²) in [7, 11) is 0. The molecule has 3 atom stereocenters. The van der Waals surface area contributed by atoms with Crippen LogP contribution in [0, 0.1) is 0 Å². The van der Waals surface area contributed by atoms with E-state index in [1.54, 1.807) is 0 Å². The second kappa shape index (κ2) is 49.3. The first-order valence-corrected chi connectivity index (χ1v) is 25.3. The Bertz CT molecular complexity index is 1350. The van der Waals surface area contributed by atoms with Crippen molar-refractivity contribution in [2.45, 2.75) is 219 Å². The Balaban J connectivity index is 4.80. The summed E-state index contributed by atoms with van der Waals surface area (Å²) in [6, 6.07) is -0.755. The molecule has 0 aliphatic rings. The van der Waals surface area contributed by atoms with Gasteiger partial charge in [-0.05, 0) is 57.8 Å². The fraction of sp³-hybridized carbons (Fsp3) is 0.614. The highest BCUT2D eigenvalue weighted by Gasteiger charge is 2.23. The quantitative estimate of drug-likeness (QED) is 0.0245. The number of hydrogen-bond acceptors (Lipinski definition) is 5. The highest BCUT2D eigenvalue weighted by Crippen LogP contribution is 2.16. The molecular formula is C57H93NO5. The Labute approximate surface area is 387 Å². The maximum absolute atomic E-state index is 13.2. The number of aliphatic hydroxyl groups excluding tert-OH is 2. The molecule has 0 aromatic heterocycles. The smallest absolute Gasteiger partial charge is 0.306 e. The molecule has 6 heteroatoms. The largest absolute Gasteiger partial charge is 0.461 e. The van der Waals surface area contributed by atoms with Gasteiger partial charge < -0.3 is 20.3 Å². The summed E-state index contributed by atoms with van der Waals surface area (Å²) in [4.78, 5) is 26.0. The van der Waals surface area contributed by atoms with Crippen molar-refractivity contribution in [2.24, 2.45) is 0 Å². The fourth-order valence-electron chi connectivity index (χ4n) is 6.89. The number of allylic oxidation sites excluding steroid dienone is 19. The minimum atomic E-state index is -0.832. The molecule has 356 valence electrons. The topological polar surface area (TPSA) is 95.9 Å². The van der Waals surface area contributed by atoms with Gasteiger partial charge in [0.15, 0.2) is 0 Å². The van der Waals surface area contributed by atoms with Gasteiger partial charge in [0.05, 0.1) is 25.2 Å². The standard InChI is InChI=1S/C57H93NO5/c1-4-7-10-13-16-19-22-25-27-29-32-34-37-40-43-46-49-55(60)54(52-59)58-56(61)51-53(48-45-42-39-36-33-31-28-26-23-20-17-14-11-8-5-2)63-57(62)50-47-44-41-38-35-30-24-21-18-15-12-9-6-3/h8-9,11-12,15,17-18,20-21,24,26,28,30,33,35-36,38,41-42,45,53-55,59-60H,4-7,10,13-14,16,19,22-23,25,27,29,31-32,34,37,39-40,43-44,46-52H2,1-3H3,(H,58,61)/b11-8-,12-9+,18-15+,20-17-,24-21-,28-26-,35-30-,36-33-,41-38+,45-42-. The maximum Gasteiger partial charge on any atom is 0.306 e. The van der Waals surface area contributed by atoms with Crippen molar-refractivity contribution in [3.8, 4) is 0 Å². The molecule has 0 aromatic carbocycles. The number of esters is 1. The van der Waals surface area contributed by atoms with Gasteiger partial charge in [-0.15, -0.1) is 0 Å². The van der Waals surface area contributed by atoms with Gasteiger partial charge in [0, 0.05) is 12.8 Å². The molecule has 0 saturated heterocycles. The average Bonchev–Trinajstić information content (AvgIpc) is 3.28. The second-order valence-electron chi connectivity index (χ2n) is 16.6. The van der Waals surface area contributed by atoms with Crippen LogP contribution >= 0.6 is 0 Å². The molecule has 0 spiro atoms. The summed E-state index contributed by atoms with van der Waals surface area (Å²) in [5.41, 5.74) is 0. The predicted octanol–water partition coefficient (Wildman–Crippen LogP) is 15.3. The van der Waals surface area contributed by atoms with Crippen LogP contribution in [0.1, 0.15) is 201 Å². The lowest BCUT2D eigenvalue weighted by atomic mass is 10.0. The zero-order valence-corrected chi connectivity index (χ0v) is 40.4. The van der Waals surface area contributed by atoms with E-state index in [9.17, 15) is 19.8 Å². The molecule has 3 unspecified atom stereocenters. The Morgan fingerprint density at radius 3 is 1.41 bits per heavy atom. The monoisotopic (exact) mass is 872 g/mol. The van der Waals surface area contributed by atoms with Crippen LogP contribution in [0.15, 0.2) is 122 Å². The molecule has 6 nitrogen and oxygen atoms in total. The highest BCUT2D eigenvalue weighted by molar-refractivity contribution is 5.77. The van der Waals surface area contributed by atoms with E-state index >= 15 is 0 Å². The third-order valence-corrected chi connectivity index (χ3v) is 10.7. The average molecular weight is 872 g/mol. The summed E-state index contributed by atoms with van der Waals surface area (Å²) in [5.74, 6) is -0.680. The Kier molecular flexibility index (Phi) is 46.4. The van der Waals surface area contributed by atoms with E-state index in [4.69, 9.17) is 4.74 Å². The number of carbonyl (C=O) groups is 2. The van der Waals surface area contributed by atoms with Crippen molar-refractivity contribution < 1.29 is 24.5 Å². The first kappa shape index (κ1) is 59.3. The number of rotatable bonds is 43. The molecule has 0 fully saturated rings. The van der Waals surface area contributed by atoms with Crippen LogP contribution < -0.4 is 5.32 Å². The molecule has 0 bridgehead atoms. The summed E-state index contributed by atoms with van der Waals surface area (Å²) in [6.07, 6.45) is 68.5. The van der Waals surface area contributed by atoms with Crippen LogP contribution in [0.2, 0.25) is 0 Å². The van der Waals surface area contributed by atoms with Crippen LogP contribution in [0.5, 0.6) is 0 Å². The van der Waals surface area contributed by atoms with Gasteiger partial charge in [-0.1, -0.05) is 245 Å². The van der Waals surface area contributed by atoms with Crippen LogP contribution in [0.4, 0.5) is 0 Å². The van der Waals surface area contributed by atoms with Gasteiger partial charge in [-0.3, -0.25) is 9.59 Å². The number of ether oxygens (including phenoxy) is 1. The van der Waals surface area contributed by atoms with Crippen molar-refractivity contribution in [3.05, 3.63) is 122 Å². The third-order valence-electron chi connectivity index (χ3n) is 10.7. The Morgan fingerprint density at radius 2 is 0.937 bits per heavy atom. The molecule has 3 N–H and O–H groups in total.